The van der Waals surface area contributed by atoms with E-state index >= 15 is 0 Å². The summed E-state index contributed by atoms with van der Waals surface area (Å²) >= 11 is 1.82. The minimum Gasteiger partial charge on any atom is -0.478 e. The third kappa shape index (κ3) is 2.72. The van der Waals surface area contributed by atoms with Crippen molar-refractivity contribution in [2.75, 3.05) is 0 Å². The molecule has 0 atom stereocenters. The molecule has 0 radical (unpaired) electrons. The maximum absolute atomic E-state index is 10.9. The topological polar surface area (TPSA) is 63.1 Å². The van der Waals surface area contributed by atoms with E-state index in [2.05, 4.69) is 9.97 Å². The number of hydrogen-bond acceptors (Lipinski definition) is 4. The monoisotopic (exact) mass is 238 g/mol. The molecule has 0 bridgehead atoms. The Morgan fingerprint density at radius 3 is 2.94 bits per heavy atom. The van der Waals surface area contributed by atoms with Crippen LogP contribution in [0.25, 0.3) is 0 Å². The van der Waals surface area contributed by atoms with Crippen molar-refractivity contribution in [3.63, 3.8) is 0 Å². The summed E-state index contributed by atoms with van der Waals surface area (Å²) in [4.78, 5) is 18.7. The van der Waals surface area contributed by atoms with E-state index in [-0.39, 0.29) is 5.56 Å². The Balaban J connectivity index is 2.00. The Bertz CT molecular complexity index is 378. The number of carboxylic acid groups (broad SMARTS) is 1. The van der Waals surface area contributed by atoms with Gasteiger partial charge >= 0.3 is 5.97 Å². The normalized spacial score (nSPS) is 16.5. The predicted molar refractivity (Wildman–Crippen MR) is 62.5 cm³/mol. The molecule has 0 spiro atoms. The molecule has 16 heavy (non-hydrogen) atoms. The van der Waals surface area contributed by atoms with Crippen molar-refractivity contribution in [3.05, 3.63) is 23.8 Å². The van der Waals surface area contributed by atoms with Crippen LogP contribution in [0.1, 0.15) is 41.7 Å². The van der Waals surface area contributed by atoms with Crippen LogP contribution >= 0.6 is 11.8 Å². The molecule has 4 nitrogen and oxygen atoms in total. The average Bonchev–Trinajstić information content (AvgIpc) is 2.79. The van der Waals surface area contributed by atoms with Gasteiger partial charge in [-0.05, 0) is 12.8 Å². The summed E-state index contributed by atoms with van der Waals surface area (Å²) in [5, 5.41) is 9.65. The fourth-order valence-electron chi connectivity index (χ4n) is 1.90. The van der Waals surface area contributed by atoms with E-state index in [4.69, 9.17) is 5.11 Å². The highest BCUT2D eigenvalue weighted by Gasteiger charge is 2.17. The molecule has 1 saturated carbocycles. The third-order valence-electron chi connectivity index (χ3n) is 2.78. The summed E-state index contributed by atoms with van der Waals surface area (Å²) < 4.78 is 0. The molecule has 1 aromatic rings. The van der Waals surface area contributed by atoms with Crippen LogP contribution < -0.4 is 0 Å². The zero-order valence-corrected chi connectivity index (χ0v) is 9.74. The van der Waals surface area contributed by atoms with E-state index < -0.39 is 5.97 Å². The van der Waals surface area contributed by atoms with Crippen molar-refractivity contribution in [1.82, 2.24) is 9.97 Å². The van der Waals surface area contributed by atoms with Crippen LogP contribution in [0.2, 0.25) is 0 Å². The van der Waals surface area contributed by atoms with Gasteiger partial charge in [0.2, 0.25) is 0 Å². The number of thioether (sulfide) groups is 1. The molecule has 1 N–H and O–H groups in total. The summed E-state index contributed by atoms with van der Waals surface area (Å²) in [6, 6.07) is 0. The summed E-state index contributed by atoms with van der Waals surface area (Å²) in [6.07, 6.45) is 7.88. The molecule has 1 heterocycles. The highest BCUT2D eigenvalue weighted by molar-refractivity contribution is 7.99. The lowest BCUT2D eigenvalue weighted by molar-refractivity contribution is 0.0695. The second kappa shape index (κ2) is 5.30. The average molecular weight is 238 g/mol. The molecule has 1 aliphatic rings. The first-order chi connectivity index (χ1) is 7.77. The Labute approximate surface area is 98.5 Å². The number of nitrogens with zero attached hydrogens (tertiary/aromatic N) is 2. The minimum atomic E-state index is -0.942. The number of aromatic nitrogens is 2. The summed E-state index contributed by atoms with van der Waals surface area (Å²) in [7, 11) is 0. The van der Waals surface area contributed by atoms with Crippen LogP contribution in [0.4, 0.5) is 0 Å². The van der Waals surface area contributed by atoms with E-state index in [1.54, 1.807) is 0 Å². The van der Waals surface area contributed by atoms with Crippen LogP contribution in [0.5, 0.6) is 0 Å². The van der Waals surface area contributed by atoms with Gasteiger partial charge in [0.15, 0.2) is 0 Å². The Morgan fingerprint density at radius 1 is 1.50 bits per heavy atom. The van der Waals surface area contributed by atoms with Gasteiger partial charge in [-0.25, -0.2) is 14.8 Å². The number of aromatic carboxylic acids is 1. The lowest BCUT2D eigenvalue weighted by atomic mass is 10.2. The number of rotatable bonds is 4. The second-order valence-electron chi connectivity index (χ2n) is 3.91. The van der Waals surface area contributed by atoms with Crippen LogP contribution in [0.15, 0.2) is 12.5 Å². The predicted octanol–water partition coefficient (Wildman–Crippen LogP) is 2.35. The zero-order chi connectivity index (χ0) is 11.4. The molecule has 1 fully saturated rings. The Hall–Kier alpha value is -1.10. The fraction of sp³-hybridized carbons (Fsp3) is 0.545. The zero-order valence-electron chi connectivity index (χ0n) is 8.93. The maximum Gasteiger partial charge on any atom is 0.339 e. The van der Waals surface area contributed by atoms with Crippen molar-refractivity contribution in [1.29, 1.82) is 0 Å². The number of hydrogen-bond donors (Lipinski definition) is 1. The molecule has 0 amide bonds. The molecule has 5 heteroatoms. The van der Waals surface area contributed by atoms with Gasteiger partial charge in [0.25, 0.3) is 0 Å². The van der Waals surface area contributed by atoms with Crippen molar-refractivity contribution >= 4 is 17.7 Å². The van der Waals surface area contributed by atoms with Gasteiger partial charge in [0.05, 0.1) is 5.69 Å². The van der Waals surface area contributed by atoms with Crippen molar-refractivity contribution in [3.8, 4) is 0 Å². The maximum atomic E-state index is 10.9. The fourth-order valence-corrected chi connectivity index (χ4v) is 3.19. The molecule has 1 aromatic heterocycles. The van der Waals surface area contributed by atoms with Gasteiger partial charge in [-0.1, -0.05) is 12.8 Å². The first-order valence-electron chi connectivity index (χ1n) is 5.41. The number of carbonyl (C=O) groups is 1. The smallest absolute Gasteiger partial charge is 0.339 e. The highest BCUT2D eigenvalue weighted by atomic mass is 32.2. The van der Waals surface area contributed by atoms with E-state index in [1.807, 2.05) is 11.8 Å². The summed E-state index contributed by atoms with van der Waals surface area (Å²) in [5.74, 6) is -0.267. The van der Waals surface area contributed by atoms with Crippen LogP contribution in [0, 0.1) is 0 Å². The van der Waals surface area contributed by atoms with Crippen LogP contribution in [-0.2, 0) is 5.75 Å². The molecule has 86 valence electrons. The number of carboxylic acids is 1. The summed E-state index contributed by atoms with van der Waals surface area (Å²) in [6.45, 7) is 0. The van der Waals surface area contributed by atoms with Gasteiger partial charge in [-0.3, -0.25) is 0 Å². The molecule has 0 aromatic carbocycles. The van der Waals surface area contributed by atoms with E-state index in [0.29, 0.717) is 16.7 Å². The quantitative estimate of drug-likeness (QED) is 0.872. The lowest BCUT2D eigenvalue weighted by Crippen LogP contribution is -2.06. The lowest BCUT2D eigenvalue weighted by Gasteiger charge is -2.09. The molecular weight excluding hydrogens is 224 g/mol. The van der Waals surface area contributed by atoms with Crippen molar-refractivity contribution in [2.24, 2.45) is 0 Å². The SMILES string of the molecule is O=C(O)c1cncnc1CSC1CCCC1. The van der Waals surface area contributed by atoms with E-state index in [1.165, 1.54) is 38.2 Å². The van der Waals surface area contributed by atoms with Gasteiger partial charge < -0.3 is 5.11 Å². The van der Waals surface area contributed by atoms with E-state index in [0.717, 1.165) is 0 Å². The van der Waals surface area contributed by atoms with E-state index in [9.17, 15) is 4.79 Å². The molecule has 0 aliphatic heterocycles. The van der Waals surface area contributed by atoms with Crippen LogP contribution in [0.3, 0.4) is 0 Å². The Kier molecular flexibility index (Phi) is 3.77. The standard InChI is InChI=1S/C11H14N2O2S/c14-11(15)9-5-12-7-13-10(9)6-16-8-3-1-2-4-8/h5,7-8H,1-4,6H2,(H,14,15). The molecular formula is C11H14N2O2S. The van der Waals surface area contributed by atoms with Crippen molar-refractivity contribution < 1.29 is 9.90 Å². The van der Waals surface area contributed by atoms with Crippen LogP contribution in [-0.4, -0.2) is 26.3 Å². The summed E-state index contributed by atoms with van der Waals surface area (Å²) in [5.41, 5.74) is 0.868. The van der Waals surface area contributed by atoms with Gasteiger partial charge in [-0.15, -0.1) is 0 Å². The Morgan fingerprint density at radius 2 is 2.25 bits per heavy atom. The largest absolute Gasteiger partial charge is 0.478 e. The minimum absolute atomic E-state index is 0.230. The van der Waals surface area contributed by atoms with Gasteiger partial charge in [0, 0.05) is 17.2 Å². The van der Waals surface area contributed by atoms with Gasteiger partial charge in [0.1, 0.15) is 11.9 Å². The first kappa shape index (κ1) is 11.4. The second-order valence-corrected chi connectivity index (χ2v) is 5.19. The molecule has 1 aliphatic carbocycles. The molecule has 0 saturated heterocycles. The van der Waals surface area contributed by atoms with Crippen molar-refractivity contribution in [2.45, 2.75) is 36.7 Å². The highest BCUT2D eigenvalue weighted by Crippen LogP contribution is 2.31. The molecule has 2 rings (SSSR count). The first-order valence-corrected chi connectivity index (χ1v) is 6.46. The van der Waals surface area contributed by atoms with Gasteiger partial charge in [-0.2, -0.15) is 11.8 Å². The molecule has 0 unspecified atom stereocenters. The third-order valence-corrected chi connectivity index (χ3v) is 4.17.